The van der Waals surface area contributed by atoms with Crippen molar-refractivity contribution < 1.29 is 0 Å². The summed E-state index contributed by atoms with van der Waals surface area (Å²) in [6.45, 7) is 4.60. The van der Waals surface area contributed by atoms with Gasteiger partial charge in [0.2, 0.25) is 0 Å². The van der Waals surface area contributed by atoms with Crippen molar-refractivity contribution in [2.45, 2.75) is 39.5 Å². The van der Waals surface area contributed by atoms with E-state index in [1.807, 2.05) is 0 Å². The van der Waals surface area contributed by atoms with Gasteiger partial charge in [0.25, 0.3) is 0 Å². The standard InChI is InChI=1S/C9H18S/c1-3-9(6-5-7-9)8-10-4-2/h3-8H2,1-2H3. The van der Waals surface area contributed by atoms with E-state index in [9.17, 15) is 0 Å². The van der Waals surface area contributed by atoms with Crippen molar-refractivity contribution in [2.24, 2.45) is 5.41 Å². The number of rotatable bonds is 4. The minimum atomic E-state index is 0.778. The monoisotopic (exact) mass is 158 g/mol. The van der Waals surface area contributed by atoms with Gasteiger partial charge in [-0.3, -0.25) is 0 Å². The lowest BCUT2D eigenvalue weighted by molar-refractivity contribution is 0.161. The van der Waals surface area contributed by atoms with E-state index in [1.165, 1.54) is 37.2 Å². The highest BCUT2D eigenvalue weighted by Gasteiger charge is 2.34. The number of hydrogen-bond donors (Lipinski definition) is 0. The van der Waals surface area contributed by atoms with Crippen LogP contribution in [0.15, 0.2) is 0 Å². The molecule has 0 spiro atoms. The second kappa shape index (κ2) is 3.66. The van der Waals surface area contributed by atoms with Crippen LogP contribution in [0.4, 0.5) is 0 Å². The van der Waals surface area contributed by atoms with Gasteiger partial charge in [0.15, 0.2) is 0 Å². The zero-order valence-electron chi connectivity index (χ0n) is 7.15. The molecular formula is C9H18S. The first kappa shape index (κ1) is 8.45. The molecule has 0 saturated heterocycles. The van der Waals surface area contributed by atoms with Crippen LogP contribution in [0.3, 0.4) is 0 Å². The van der Waals surface area contributed by atoms with Crippen LogP contribution in [0, 0.1) is 5.41 Å². The summed E-state index contributed by atoms with van der Waals surface area (Å²) in [7, 11) is 0. The summed E-state index contributed by atoms with van der Waals surface area (Å²) in [6, 6.07) is 0. The van der Waals surface area contributed by atoms with Crippen molar-refractivity contribution in [3.8, 4) is 0 Å². The smallest absolute Gasteiger partial charge is 0.00110 e. The van der Waals surface area contributed by atoms with Gasteiger partial charge in [0.1, 0.15) is 0 Å². The molecule has 1 fully saturated rings. The second-order valence-corrected chi connectivity index (χ2v) is 4.62. The number of hydrogen-bond acceptors (Lipinski definition) is 1. The molecule has 0 aromatic heterocycles. The first-order valence-electron chi connectivity index (χ1n) is 4.41. The van der Waals surface area contributed by atoms with Crippen LogP contribution in [-0.4, -0.2) is 11.5 Å². The van der Waals surface area contributed by atoms with Crippen molar-refractivity contribution in [2.75, 3.05) is 11.5 Å². The molecular weight excluding hydrogens is 140 g/mol. The van der Waals surface area contributed by atoms with Gasteiger partial charge >= 0.3 is 0 Å². The van der Waals surface area contributed by atoms with E-state index in [0.29, 0.717) is 0 Å². The zero-order chi connectivity index (χ0) is 7.45. The lowest BCUT2D eigenvalue weighted by Crippen LogP contribution is -2.31. The molecule has 0 bridgehead atoms. The summed E-state index contributed by atoms with van der Waals surface area (Å²) in [6.07, 6.45) is 5.88. The summed E-state index contributed by atoms with van der Waals surface area (Å²) in [5.41, 5.74) is 0.778. The normalized spacial score (nSPS) is 22.2. The quantitative estimate of drug-likeness (QED) is 0.605. The molecule has 0 nitrogen and oxygen atoms in total. The van der Waals surface area contributed by atoms with Gasteiger partial charge < -0.3 is 0 Å². The topological polar surface area (TPSA) is 0 Å². The van der Waals surface area contributed by atoms with Crippen molar-refractivity contribution in [3.05, 3.63) is 0 Å². The Morgan fingerprint density at radius 1 is 1.30 bits per heavy atom. The maximum atomic E-state index is 2.34. The Kier molecular flexibility index (Phi) is 3.09. The van der Waals surface area contributed by atoms with E-state index in [2.05, 4.69) is 25.6 Å². The molecule has 1 aliphatic rings. The summed E-state index contributed by atoms with van der Waals surface area (Å²) < 4.78 is 0. The Hall–Kier alpha value is 0.350. The molecule has 0 atom stereocenters. The molecule has 10 heavy (non-hydrogen) atoms. The fourth-order valence-electron chi connectivity index (χ4n) is 1.60. The lowest BCUT2D eigenvalue weighted by atomic mass is 9.68. The van der Waals surface area contributed by atoms with Crippen LogP contribution < -0.4 is 0 Å². The highest BCUT2D eigenvalue weighted by Crippen LogP contribution is 2.45. The molecule has 60 valence electrons. The molecule has 0 aromatic carbocycles. The van der Waals surface area contributed by atoms with Crippen molar-refractivity contribution >= 4 is 11.8 Å². The van der Waals surface area contributed by atoms with Crippen LogP contribution in [0.2, 0.25) is 0 Å². The van der Waals surface area contributed by atoms with Gasteiger partial charge in [-0.15, -0.1) is 0 Å². The minimum absolute atomic E-state index is 0.778. The largest absolute Gasteiger partial charge is 0.162 e. The van der Waals surface area contributed by atoms with Crippen LogP contribution in [0.25, 0.3) is 0 Å². The van der Waals surface area contributed by atoms with Gasteiger partial charge in [-0.2, -0.15) is 11.8 Å². The molecule has 1 saturated carbocycles. The molecule has 0 unspecified atom stereocenters. The average Bonchev–Trinajstić information content (AvgIpc) is 1.87. The van der Waals surface area contributed by atoms with E-state index < -0.39 is 0 Å². The SMILES string of the molecule is CCSCC1(CC)CCC1. The van der Waals surface area contributed by atoms with E-state index >= 15 is 0 Å². The third-order valence-corrected chi connectivity index (χ3v) is 4.00. The van der Waals surface area contributed by atoms with Crippen LogP contribution in [-0.2, 0) is 0 Å². The molecule has 0 amide bonds. The Balaban J connectivity index is 2.20. The third-order valence-electron chi connectivity index (χ3n) is 2.78. The number of thioether (sulfide) groups is 1. The van der Waals surface area contributed by atoms with Crippen molar-refractivity contribution in [3.63, 3.8) is 0 Å². The first-order valence-corrected chi connectivity index (χ1v) is 5.56. The van der Waals surface area contributed by atoms with Gasteiger partial charge in [-0.05, 0) is 36.2 Å². The first-order chi connectivity index (χ1) is 4.83. The van der Waals surface area contributed by atoms with Crippen LogP contribution in [0.5, 0.6) is 0 Å². The van der Waals surface area contributed by atoms with E-state index in [1.54, 1.807) is 0 Å². The summed E-state index contributed by atoms with van der Waals surface area (Å²) in [5.74, 6) is 2.71. The highest BCUT2D eigenvalue weighted by molar-refractivity contribution is 7.99. The fourth-order valence-corrected chi connectivity index (χ4v) is 2.73. The van der Waals surface area contributed by atoms with E-state index in [0.717, 1.165) is 5.41 Å². The maximum Gasteiger partial charge on any atom is -0.00110 e. The molecule has 0 aliphatic heterocycles. The van der Waals surface area contributed by atoms with Gasteiger partial charge in [0.05, 0.1) is 0 Å². The fraction of sp³-hybridized carbons (Fsp3) is 1.00. The average molecular weight is 158 g/mol. The minimum Gasteiger partial charge on any atom is -0.162 e. The molecule has 1 heteroatoms. The maximum absolute atomic E-state index is 2.34. The van der Waals surface area contributed by atoms with Crippen LogP contribution >= 0.6 is 11.8 Å². The Morgan fingerprint density at radius 3 is 2.30 bits per heavy atom. The molecule has 1 aliphatic carbocycles. The van der Waals surface area contributed by atoms with Crippen LogP contribution in [0.1, 0.15) is 39.5 Å². The molecule has 1 rings (SSSR count). The van der Waals surface area contributed by atoms with Gasteiger partial charge in [-0.1, -0.05) is 20.3 Å². The predicted molar refractivity (Wildman–Crippen MR) is 49.6 cm³/mol. The highest BCUT2D eigenvalue weighted by atomic mass is 32.2. The zero-order valence-corrected chi connectivity index (χ0v) is 7.97. The summed E-state index contributed by atoms with van der Waals surface area (Å²) in [5, 5.41) is 0. The molecule has 0 aromatic rings. The molecule has 0 N–H and O–H groups in total. The van der Waals surface area contributed by atoms with Crippen molar-refractivity contribution in [1.82, 2.24) is 0 Å². The summed E-state index contributed by atoms with van der Waals surface area (Å²) in [4.78, 5) is 0. The van der Waals surface area contributed by atoms with Gasteiger partial charge in [0, 0.05) is 0 Å². The Labute approximate surface area is 68.8 Å². The van der Waals surface area contributed by atoms with Crippen molar-refractivity contribution in [1.29, 1.82) is 0 Å². The molecule has 0 radical (unpaired) electrons. The second-order valence-electron chi connectivity index (χ2n) is 3.34. The lowest BCUT2D eigenvalue weighted by Gasteiger charge is -2.41. The van der Waals surface area contributed by atoms with E-state index in [-0.39, 0.29) is 0 Å². The molecule has 0 heterocycles. The van der Waals surface area contributed by atoms with E-state index in [4.69, 9.17) is 0 Å². The predicted octanol–water partition coefficient (Wildman–Crippen LogP) is 3.32. The third kappa shape index (κ3) is 1.69. The summed E-state index contributed by atoms with van der Waals surface area (Å²) >= 11 is 2.12. The Bertz CT molecular complexity index is 89.4. The Morgan fingerprint density at radius 2 is 2.00 bits per heavy atom. The van der Waals surface area contributed by atoms with Gasteiger partial charge in [-0.25, -0.2) is 0 Å².